The zero-order valence-corrected chi connectivity index (χ0v) is 32.2. The first kappa shape index (κ1) is 33.9. The number of fused-ring (bicyclic) bond motifs is 12. The summed E-state index contributed by atoms with van der Waals surface area (Å²) in [5, 5.41) is 14.4. The van der Waals surface area contributed by atoms with Crippen LogP contribution in [0.4, 0.5) is 0 Å². The van der Waals surface area contributed by atoms with Crippen molar-refractivity contribution in [3.63, 3.8) is 0 Å². The lowest BCUT2D eigenvalue weighted by molar-refractivity contribution is 1.18. The Morgan fingerprint density at radius 3 is 1.07 bits per heavy atom. The van der Waals surface area contributed by atoms with Gasteiger partial charge in [0.2, 0.25) is 0 Å². The van der Waals surface area contributed by atoms with Gasteiger partial charge >= 0.3 is 0 Å². The van der Waals surface area contributed by atoms with E-state index in [1.165, 1.54) is 59.2 Å². The summed E-state index contributed by atoms with van der Waals surface area (Å²) in [7, 11) is 0. The molecule has 0 amide bonds. The van der Waals surface area contributed by atoms with Gasteiger partial charge in [-0.25, -0.2) is 19.9 Å². The fourth-order valence-corrected chi connectivity index (χ4v) is 8.85. The second-order valence-electron chi connectivity index (χ2n) is 15.1. The van der Waals surface area contributed by atoms with Crippen molar-refractivity contribution in [1.29, 1.82) is 0 Å². The first-order valence-corrected chi connectivity index (χ1v) is 20.0. The maximum atomic E-state index is 4.94. The molecule has 4 heterocycles. The number of nitrogens with zero attached hydrogens (tertiary/aromatic N) is 6. The van der Waals surface area contributed by atoms with Gasteiger partial charge < -0.3 is 0 Å². The van der Waals surface area contributed by atoms with Crippen molar-refractivity contribution >= 4 is 64.6 Å². The number of pyridine rings is 2. The van der Waals surface area contributed by atoms with Crippen LogP contribution < -0.4 is 0 Å². The van der Waals surface area contributed by atoms with Gasteiger partial charge in [0.25, 0.3) is 0 Å². The Hall–Kier alpha value is -8.22. The maximum Gasteiger partial charge on any atom is 0.159 e. The van der Waals surface area contributed by atoms with E-state index >= 15 is 0 Å². The summed E-state index contributed by atoms with van der Waals surface area (Å²) in [5.41, 5.74) is 7.89. The molecule has 0 radical (unpaired) electrons. The topological polar surface area (TPSA) is 77.3 Å². The Kier molecular flexibility index (Phi) is 7.74. The van der Waals surface area contributed by atoms with Crippen LogP contribution in [0.25, 0.3) is 121 Å². The number of rotatable bonds is 5. The van der Waals surface area contributed by atoms with Crippen molar-refractivity contribution in [2.24, 2.45) is 0 Å². The molecule has 6 heteroatoms. The summed E-state index contributed by atoms with van der Waals surface area (Å²) in [5.74, 6) is 1.39. The highest BCUT2D eigenvalue weighted by Crippen LogP contribution is 2.40. The molecular formula is C54H32N6. The molecule has 0 atom stereocenters. The summed E-state index contributed by atoms with van der Waals surface area (Å²) >= 11 is 0. The third kappa shape index (κ3) is 5.57. The average Bonchev–Trinajstić information content (AvgIpc) is 3.34. The molecule has 4 aromatic heterocycles. The lowest BCUT2D eigenvalue weighted by Gasteiger charge is -2.13. The largest absolute Gasteiger partial charge is 0.256 e. The van der Waals surface area contributed by atoms with Crippen LogP contribution in [-0.4, -0.2) is 29.9 Å². The molecule has 0 aliphatic carbocycles. The predicted octanol–water partition coefficient (Wildman–Crippen LogP) is 13.3. The molecular weight excluding hydrogens is 733 g/mol. The smallest absolute Gasteiger partial charge is 0.159 e. The number of aromatic nitrogens is 6. The van der Waals surface area contributed by atoms with E-state index < -0.39 is 0 Å². The molecule has 6 nitrogen and oxygen atoms in total. The molecule has 12 rings (SSSR count). The molecule has 0 fully saturated rings. The lowest BCUT2D eigenvalue weighted by Crippen LogP contribution is -1.92. The SMILES string of the molecule is c1ccc(-c2ccc3c4ccc(-c5ccc(-c6cnc(-c7ccc8c9ccc(-c%10ncccn%10)cc9c9ccccc9c8c7)nc6)cn5)cc4c4ccccc4c3c2)nc1. The quantitative estimate of drug-likeness (QED) is 0.162. The summed E-state index contributed by atoms with van der Waals surface area (Å²) in [6.07, 6.45) is 11.1. The third-order valence-electron chi connectivity index (χ3n) is 11.8. The van der Waals surface area contributed by atoms with Crippen LogP contribution in [-0.2, 0) is 0 Å². The third-order valence-corrected chi connectivity index (χ3v) is 11.8. The summed E-state index contributed by atoms with van der Waals surface area (Å²) < 4.78 is 0. The molecule has 0 saturated heterocycles. The number of hydrogen-bond donors (Lipinski definition) is 0. The summed E-state index contributed by atoms with van der Waals surface area (Å²) in [4.78, 5) is 28.2. The molecule has 12 aromatic rings. The Morgan fingerprint density at radius 2 is 0.600 bits per heavy atom. The molecule has 0 aliphatic heterocycles. The highest BCUT2D eigenvalue weighted by molar-refractivity contribution is 6.27. The average molecular weight is 765 g/mol. The first-order valence-electron chi connectivity index (χ1n) is 20.0. The number of benzene rings is 8. The van der Waals surface area contributed by atoms with E-state index in [-0.39, 0.29) is 0 Å². The first-order chi connectivity index (χ1) is 29.7. The van der Waals surface area contributed by atoms with Gasteiger partial charge in [-0.1, -0.05) is 109 Å². The van der Waals surface area contributed by atoms with E-state index in [1.807, 2.05) is 43.0 Å². The molecule has 0 aliphatic rings. The Morgan fingerprint density at radius 1 is 0.217 bits per heavy atom. The van der Waals surface area contributed by atoms with Gasteiger partial charge in [-0.3, -0.25) is 9.97 Å². The fraction of sp³-hybridized carbons (Fsp3) is 0. The van der Waals surface area contributed by atoms with Crippen LogP contribution in [0, 0.1) is 0 Å². The van der Waals surface area contributed by atoms with Crippen molar-refractivity contribution in [2.75, 3.05) is 0 Å². The molecule has 0 bridgehead atoms. The molecule has 60 heavy (non-hydrogen) atoms. The molecule has 0 unspecified atom stereocenters. The van der Waals surface area contributed by atoms with Crippen molar-refractivity contribution in [3.8, 4) is 56.4 Å². The maximum absolute atomic E-state index is 4.94. The monoisotopic (exact) mass is 764 g/mol. The normalized spacial score (nSPS) is 11.7. The van der Waals surface area contributed by atoms with Crippen molar-refractivity contribution < 1.29 is 0 Å². The molecule has 0 N–H and O–H groups in total. The highest BCUT2D eigenvalue weighted by atomic mass is 14.9. The summed E-state index contributed by atoms with van der Waals surface area (Å²) in [6, 6.07) is 55.7. The van der Waals surface area contributed by atoms with Gasteiger partial charge in [0.05, 0.1) is 11.4 Å². The van der Waals surface area contributed by atoms with Crippen LogP contribution in [0.1, 0.15) is 0 Å². The van der Waals surface area contributed by atoms with Gasteiger partial charge in [0, 0.05) is 70.6 Å². The Bertz CT molecular complexity index is 3340. The standard InChI is InChI=1S/C54H32N6/c1-2-9-40-39(8-1)47-26-33(51-12-5-6-23-55-51)13-18-43(47)44-19-14-34(27-48(40)44)52-22-17-37(30-58-52)38-31-59-54(60-32-38)36-16-21-46-45-20-15-35(53-56-24-7-25-57-53)28-49(45)41-10-3-4-11-42(41)50(46)29-36/h1-32H. The van der Waals surface area contributed by atoms with E-state index in [0.29, 0.717) is 5.82 Å². The second kappa shape index (κ2) is 13.7. The Balaban J connectivity index is 0.862. The van der Waals surface area contributed by atoms with E-state index in [2.05, 4.69) is 154 Å². The van der Waals surface area contributed by atoms with Gasteiger partial charge in [-0.05, 0) is 113 Å². The van der Waals surface area contributed by atoms with E-state index in [1.54, 1.807) is 12.4 Å². The molecule has 278 valence electrons. The van der Waals surface area contributed by atoms with Crippen LogP contribution in [0.5, 0.6) is 0 Å². The van der Waals surface area contributed by atoms with Gasteiger partial charge in [0.1, 0.15) is 0 Å². The van der Waals surface area contributed by atoms with Crippen LogP contribution in [0.15, 0.2) is 195 Å². The molecule has 0 spiro atoms. The second-order valence-corrected chi connectivity index (χ2v) is 15.1. The lowest BCUT2D eigenvalue weighted by atomic mass is 9.91. The van der Waals surface area contributed by atoms with Crippen LogP contribution in [0.3, 0.4) is 0 Å². The highest BCUT2D eigenvalue weighted by Gasteiger charge is 2.15. The van der Waals surface area contributed by atoms with Crippen molar-refractivity contribution in [2.45, 2.75) is 0 Å². The van der Waals surface area contributed by atoms with E-state index in [4.69, 9.17) is 15.0 Å². The van der Waals surface area contributed by atoms with Crippen molar-refractivity contribution in [1.82, 2.24) is 29.9 Å². The predicted molar refractivity (Wildman–Crippen MR) is 245 cm³/mol. The van der Waals surface area contributed by atoms with E-state index in [9.17, 15) is 0 Å². The van der Waals surface area contributed by atoms with Gasteiger partial charge in [-0.15, -0.1) is 0 Å². The molecule has 8 aromatic carbocycles. The minimum absolute atomic E-state index is 0.676. The molecule has 0 saturated carbocycles. The summed E-state index contributed by atoms with van der Waals surface area (Å²) in [6.45, 7) is 0. The van der Waals surface area contributed by atoms with Crippen LogP contribution >= 0.6 is 0 Å². The zero-order chi connectivity index (χ0) is 39.6. The van der Waals surface area contributed by atoms with E-state index in [0.717, 1.165) is 56.0 Å². The van der Waals surface area contributed by atoms with Gasteiger partial charge in [0.15, 0.2) is 11.6 Å². The van der Waals surface area contributed by atoms with Crippen LogP contribution in [0.2, 0.25) is 0 Å². The fourth-order valence-electron chi connectivity index (χ4n) is 8.85. The number of hydrogen-bond acceptors (Lipinski definition) is 6. The van der Waals surface area contributed by atoms with Crippen molar-refractivity contribution in [3.05, 3.63) is 195 Å². The minimum Gasteiger partial charge on any atom is -0.256 e. The Labute approximate surface area is 344 Å². The minimum atomic E-state index is 0.676. The van der Waals surface area contributed by atoms with Gasteiger partial charge in [-0.2, -0.15) is 0 Å². The zero-order valence-electron chi connectivity index (χ0n) is 32.2.